The van der Waals surface area contributed by atoms with Gasteiger partial charge in [-0.25, -0.2) is 0 Å². The van der Waals surface area contributed by atoms with Gasteiger partial charge in [-0.3, -0.25) is 0 Å². The predicted octanol–water partition coefficient (Wildman–Crippen LogP) is 3.06. The fourth-order valence-electron chi connectivity index (χ4n) is 2.85. The van der Waals surface area contributed by atoms with E-state index in [1.54, 1.807) is 0 Å². The molecule has 0 radical (unpaired) electrons. The lowest BCUT2D eigenvalue weighted by Crippen LogP contribution is -2.30. The molecule has 1 aliphatic heterocycles. The molecule has 1 fully saturated rings. The van der Waals surface area contributed by atoms with Crippen LogP contribution in [0.5, 0.6) is 5.75 Å². The first-order valence-electron chi connectivity index (χ1n) is 7.70. The monoisotopic (exact) mass is 276 g/mol. The Balaban J connectivity index is 1.91. The van der Waals surface area contributed by atoms with Gasteiger partial charge in [0.05, 0.1) is 6.10 Å². The van der Waals surface area contributed by atoms with E-state index in [-0.39, 0.29) is 12.1 Å². The summed E-state index contributed by atoms with van der Waals surface area (Å²) >= 11 is 0. The molecule has 20 heavy (non-hydrogen) atoms. The Hall–Kier alpha value is -1.06. The highest BCUT2D eigenvalue weighted by molar-refractivity contribution is 5.29. The minimum atomic E-state index is 0.0839. The number of likely N-dealkylation sites (tertiary alicyclic amines) is 1. The molecule has 3 heteroatoms. The highest BCUT2D eigenvalue weighted by atomic mass is 16.5. The number of hydrogen-bond acceptors (Lipinski definition) is 3. The molecule has 0 spiro atoms. The third kappa shape index (κ3) is 3.97. The maximum atomic E-state index is 6.33. The first-order valence-corrected chi connectivity index (χ1v) is 7.70. The van der Waals surface area contributed by atoms with Crippen LogP contribution in [-0.4, -0.2) is 30.6 Å². The number of nitrogens with two attached hydrogens (primary N) is 1. The fourth-order valence-corrected chi connectivity index (χ4v) is 2.85. The molecule has 1 aliphatic rings. The second-order valence-electron chi connectivity index (χ2n) is 6.52. The van der Waals surface area contributed by atoms with Crippen LogP contribution in [0.3, 0.4) is 0 Å². The van der Waals surface area contributed by atoms with Gasteiger partial charge in [0.15, 0.2) is 0 Å². The van der Waals surface area contributed by atoms with Crippen molar-refractivity contribution in [3.63, 3.8) is 0 Å². The molecule has 0 aliphatic carbocycles. The van der Waals surface area contributed by atoms with E-state index in [0.29, 0.717) is 0 Å². The van der Waals surface area contributed by atoms with Gasteiger partial charge in [0.25, 0.3) is 0 Å². The van der Waals surface area contributed by atoms with Crippen LogP contribution in [0.4, 0.5) is 0 Å². The maximum absolute atomic E-state index is 6.33. The van der Waals surface area contributed by atoms with Crippen LogP contribution in [0.25, 0.3) is 0 Å². The zero-order chi connectivity index (χ0) is 14.7. The van der Waals surface area contributed by atoms with Gasteiger partial charge in [0.1, 0.15) is 5.75 Å². The summed E-state index contributed by atoms with van der Waals surface area (Å²) in [5.74, 6) is 2.48. The van der Waals surface area contributed by atoms with E-state index >= 15 is 0 Å². The van der Waals surface area contributed by atoms with Crippen LogP contribution in [0.15, 0.2) is 24.3 Å². The minimum absolute atomic E-state index is 0.0839. The van der Waals surface area contributed by atoms with E-state index in [1.165, 1.54) is 18.7 Å². The summed E-state index contributed by atoms with van der Waals surface area (Å²) < 4.78 is 5.66. The SMILES string of the molecule is CC(C)Oc1ccc(C(N)CN2CC(C)C(C)C2)cc1. The van der Waals surface area contributed by atoms with Gasteiger partial charge >= 0.3 is 0 Å². The standard InChI is InChI=1S/C17H28N2O/c1-12(2)20-16-7-5-15(6-8-16)17(18)11-19-9-13(3)14(4)10-19/h5-8,12-14,17H,9-11,18H2,1-4H3. The van der Waals surface area contributed by atoms with Crippen molar-refractivity contribution in [2.24, 2.45) is 17.6 Å². The average Bonchev–Trinajstić information content (AvgIpc) is 2.68. The summed E-state index contributed by atoms with van der Waals surface area (Å²) in [7, 11) is 0. The van der Waals surface area contributed by atoms with Gasteiger partial charge in [0.2, 0.25) is 0 Å². The number of nitrogens with zero attached hydrogens (tertiary/aromatic N) is 1. The topological polar surface area (TPSA) is 38.5 Å². The fraction of sp³-hybridized carbons (Fsp3) is 0.647. The van der Waals surface area contributed by atoms with Gasteiger partial charge in [-0.2, -0.15) is 0 Å². The summed E-state index contributed by atoms with van der Waals surface area (Å²) in [5.41, 5.74) is 7.52. The number of ether oxygens (including phenoxy) is 1. The molecule has 112 valence electrons. The van der Waals surface area contributed by atoms with Crippen LogP contribution in [0.1, 0.15) is 39.3 Å². The lowest BCUT2D eigenvalue weighted by atomic mass is 10.0. The number of hydrogen-bond donors (Lipinski definition) is 1. The Morgan fingerprint density at radius 1 is 1.15 bits per heavy atom. The molecule has 0 saturated carbocycles. The Bertz CT molecular complexity index is 406. The molecule has 0 amide bonds. The molecule has 3 nitrogen and oxygen atoms in total. The van der Waals surface area contributed by atoms with Crippen LogP contribution >= 0.6 is 0 Å². The summed E-state index contributed by atoms with van der Waals surface area (Å²) in [6.45, 7) is 12.0. The minimum Gasteiger partial charge on any atom is -0.491 e. The van der Waals surface area contributed by atoms with Gasteiger partial charge in [-0.1, -0.05) is 26.0 Å². The lowest BCUT2D eigenvalue weighted by Gasteiger charge is -2.21. The highest BCUT2D eigenvalue weighted by Crippen LogP contribution is 2.24. The molecule has 2 rings (SSSR count). The summed E-state index contributed by atoms with van der Waals surface area (Å²) in [4.78, 5) is 2.48. The second kappa shape index (κ2) is 6.59. The number of benzene rings is 1. The molecule has 0 aromatic heterocycles. The van der Waals surface area contributed by atoms with Gasteiger partial charge in [0, 0.05) is 25.7 Å². The van der Waals surface area contributed by atoms with Crippen molar-refractivity contribution in [2.45, 2.75) is 39.8 Å². The zero-order valence-corrected chi connectivity index (χ0v) is 13.2. The average molecular weight is 276 g/mol. The largest absolute Gasteiger partial charge is 0.491 e. The Labute approximate surface area is 123 Å². The van der Waals surface area contributed by atoms with Crippen LogP contribution in [0.2, 0.25) is 0 Å². The smallest absolute Gasteiger partial charge is 0.119 e. The van der Waals surface area contributed by atoms with Crippen molar-refractivity contribution < 1.29 is 4.74 Å². The van der Waals surface area contributed by atoms with E-state index < -0.39 is 0 Å². The maximum Gasteiger partial charge on any atom is 0.119 e. The zero-order valence-electron chi connectivity index (χ0n) is 13.2. The first-order chi connectivity index (χ1) is 9.45. The Morgan fingerprint density at radius 3 is 2.20 bits per heavy atom. The van der Waals surface area contributed by atoms with Crippen molar-refractivity contribution in [2.75, 3.05) is 19.6 Å². The lowest BCUT2D eigenvalue weighted by molar-refractivity contribution is 0.242. The van der Waals surface area contributed by atoms with Crippen molar-refractivity contribution in [1.29, 1.82) is 0 Å². The molecule has 1 aromatic rings. The van der Waals surface area contributed by atoms with Crippen LogP contribution < -0.4 is 10.5 Å². The van der Waals surface area contributed by atoms with Gasteiger partial charge < -0.3 is 15.4 Å². The van der Waals surface area contributed by atoms with Crippen molar-refractivity contribution in [3.8, 4) is 5.75 Å². The third-order valence-electron chi connectivity index (χ3n) is 4.20. The molecular formula is C17H28N2O. The highest BCUT2D eigenvalue weighted by Gasteiger charge is 2.27. The molecule has 3 atom stereocenters. The second-order valence-corrected chi connectivity index (χ2v) is 6.52. The van der Waals surface area contributed by atoms with Crippen molar-refractivity contribution >= 4 is 0 Å². The first kappa shape index (κ1) is 15.3. The molecule has 1 saturated heterocycles. The molecule has 1 heterocycles. The molecular weight excluding hydrogens is 248 g/mol. The quantitative estimate of drug-likeness (QED) is 0.898. The third-order valence-corrected chi connectivity index (χ3v) is 4.20. The van der Waals surface area contributed by atoms with E-state index in [4.69, 9.17) is 10.5 Å². The van der Waals surface area contributed by atoms with Crippen LogP contribution in [-0.2, 0) is 0 Å². The van der Waals surface area contributed by atoms with Gasteiger partial charge in [-0.15, -0.1) is 0 Å². The summed E-state index contributed by atoms with van der Waals surface area (Å²) in [6.07, 6.45) is 0.210. The summed E-state index contributed by atoms with van der Waals surface area (Å²) in [5, 5.41) is 0. The van der Waals surface area contributed by atoms with Crippen molar-refractivity contribution in [1.82, 2.24) is 4.90 Å². The van der Waals surface area contributed by atoms with Gasteiger partial charge in [-0.05, 0) is 43.4 Å². The molecule has 2 N–H and O–H groups in total. The molecule has 1 aromatic carbocycles. The van der Waals surface area contributed by atoms with Crippen LogP contribution in [0, 0.1) is 11.8 Å². The Morgan fingerprint density at radius 2 is 1.70 bits per heavy atom. The predicted molar refractivity (Wildman–Crippen MR) is 83.9 cm³/mol. The van der Waals surface area contributed by atoms with Crippen molar-refractivity contribution in [3.05, 3.63) is 29.8 Å². The van der Waals surface area contributed by atoms with E-state index in [1.807, 2.05) is 26.0 Å². The number of rotatable bonds is 5. The molecule has 3 unspecified atom stereocenters. The normalized spacial score (nSPS) is 25.1. The van der Waals surface area contributed by atoms with E-state index in [9.17, 15) is 0 Å². The molecule has 0 bridgehead atoms. The van der Waals surface area contributed by atoms with E-state index in [0.717, 1.165) is 24.1 Å². The Kier molecular flexibility index (Phi) is 5.06. The summed E-state index contributed by atoms with van der Waals surface area (Å²) in [6, 6.07) is 8.30. The van der Waals surface area contributed by atoms with E-state index in [2.05, 4.69) is 30.9 Å².